The first-order valence-corrected chi connectivity index (χ1v) is 6.62. The number of hydrogen-bond donors (Lipinski definition) is 2. The summed E-state index contributed by atoms with van der Waals surface area (Å²) in [4.78, 5) is 11.9. The summed E-state index contributed by atoms with van der Waals surface area (Å²) < 4.78 is 33.4. The van der Waals surface area contributed by atoms with Crippen LogP contribution in [-0.4, -0.2) is 43.0 Å². The normalized spacial score (nSPS) is 17.5. The van der Waals surface area contributed by atoms with E-state index in [4.69, 9.17) is 4.74 Å². The third-order valence-corrected chi connectivity index (χ3v) is 3.34. The number of halogens is 2. The van der Waals surface area contributed by atoms with E-state index in [-0.39, 0.29) is 18.2 Å². The van der Waals surface area contributed by atoms with Gasteiger partial charge in [0.15, 0.2) is 0 Å². The zero-order valence-electron chi connectivity index (χ0n) is 11.4. The minimum atomic E-state index is -2.90. The topological polar surface area (TPSA) is 67.8 Å². The molecule has 0 spiro atoms. The Balaban J connectivity index is 1.88. The molecule has 2 N–H and O–H groups in total. The van der Waals surface area contributed by atoms with Crippen molar-refractivity contribution in [2.75, 3.05) is 19.8 Å². The Bertz CT molecular complexity index is 472. The molecule has 5 nitrogen and oxygen atoms in total. The smallest absolute Gasteiger partial charge is 0.387 e. The highest BCUT2D eigenvalue weighted by atomic mass is 19.3. The molecule has 21 heavy (non-hydrogen) atoms. The van der Waals surface area contributed by atoms with Gasteiger partial charge in [-0.3, -0.25) is 4.79 Å². The number of carbonyl (C=O) groups excluding carboxylic acids is 1. The summed E-state index contributed by atoms with van der Waals surface area (Å²) in [5.74, 6) is -0.386. The van der Waals surface area contributed by atoms with E-state index in [1.165, 1.54) is 24.3 Å². The number of rotatable bonds is 5. The van der Waals surface area contributed by atoms with Crippen LogP contribution in [-0.2, 0) is 4.74 Å². The van der Waals surface area contributed by atoms with E-state index >= 15 is 0 Å². The van der Waals surface area contributed by atoms with Crippen LogP contribution in [0.3, 0.4) is 0 Å². The Hall–Kier alpha value is -1.73. The number of aliphatic hydroxyl groups is 1. The van der Waals surface area contributed by atoms with Gasteiger partial charge in [0.25, 0.3) is 5.91 Å². The van der Waals surface area contributed by atoms with Crippen molar-refractivity contribution in [1.29, 1.82) is 0 Å². The van der Waals surface area contributed by atoms with E-state index in [1.54, 1.807) is 0 Å². The number of benzene rings is 1. The van der Waals surface area contributed by atoms with Crippen LogP contribution in [0.15, 0.2) is 24.3 Å². The van der Waals surface area contributed by atoms with Crippen molar-refractivity contribution >= 4 is 5.91 Å². The molecular weight excluding hydrogens is 284 g/mol. The molecule has 1 amide bonds. The van der Waals surface area contributed by atoms with E-state index in [2.05, 4.69) is 10.1 Å². The standard InChI is InChI=1S/C14H17F2NO4/c15-13(16)21-11-3-1-10(2-4-11)12(18)17-9-14(19)5-7-20-8-6-14/h1-4,13,19H,5-9H2,(H,17,18). The maximum Gasteiger partial charge on any atom is 0.387 e. The third kappa shape index (κ3) is 4.64. The van der Waals surface area contributed by atoms with Crippen molar-refractivity contribution in [3.8, 4) is 5.75 Å². The first-order chi connectivity index (χ1) is 9.98. The van der Waals surface area contributed by atoms with E-state index in [9.17, 15) is 18.7 Å². The van der Waals surface area contributed by atoms with E-state index in [0.717, 1.165) is 0 Å². The molecule has 1 aromatic carbocycles. The Labute approximate surface area is 120 Å². The predicted octanol–water partition coefficient (Wildman–Crippen LogP) is 1.56. The van der Waals surface area contributed by atoms with Crippen LogP contribution in [0.5, 0.6) is 5.75 Å². The van der Waals surface area contributed by atoms with Crippen molar-refractivity contribution in [3.63, 3.8) is 0 Å². The van der Waals surface area contributed by atoms with Crippen LogP contribution >= 0.6 is 0 Å². The second-order valence-electron chi connectivity index (χ2n) is 4.92. The first kappa shape index (κ1) is 15.7. The number of nitrogens with one attached hydrogen (secondary N) is 1. The van der Waals surface area contributed by atoms with Crippen molar-refractivity contribution in [2.45, 2.75) is 25.1 Å². The van der Waals surface area contributed by atoms with Crippen LogP contribution in [0.2, 0.25) is 0 Å². The monoisotopic (exact) mass is 301 g/mol. The molecule has 2 rings (SSSR count). The molecule has 1 heterocycles. The minimum absolute atomic E-state index is 0.00962. The number of ether oxygens (including phenoxy) is 2. The summed E-state index contributed by atoms with van der Waals surface area (Å²) in [5, 5.41) is 12.8. The lowest BCUT2D eigenvalue weighted by molar-refractivity contribution is -0.0605. The molecule has 0 saturated carbocycles. The van der Waals surface area contributed by atoms with E-state index < -0.39 is 12.2 Å². The number of carbonyl (C=O) groups is 1. The maximum absolute atomic E-state index is 12.0. The zero-order chi connectivity index (χ0) is 15.3. The first-order valence-electron chi connectivity index (χ1n) is 6.62. The quantitative estimate of drug-likeness (QED) is 0.866. The Morgan fingerprint density at radius 1 is 1.33 bits per heavy atom. The largest absolute Gasteiger partial charge is 0.435 e. The molecule has 0 radical (unpaired) electrons. The molecule has 116 valence electrons. The molecule has 0 aromatic heterocycles. The third-order valence-electron chi connectivity index (χ3n) is 3.34. The highest BCUT2D eigenvalue weighted by Crippen LogP contribution is 2.20. The molecule has 0 aliphatic carbocycles. The summed E-state index contributed by atoms with van der Waals surface area (Å²) in [6, 6.07) is 5.37. The fourth-order valence-corrected chi connectivity index (χ4v) is 2.06. The van der Waals surface area contributed by atoms with Gasteiger partial charge in [0.2, 0.25) is 0 Å². The van der Waals surface area contributed by atoms with Crippen LogP contribution < -0.4 is 10.1 Å². The molecule has 1 aliphatic heterocycles. The molecule has 0 bridgehead atoms. The average Bonchev–Trinajstić information content (AvgIpc) is 2.46. The van der Waals surface area contributed by atoms with Gasteiger partial charge < -0.3 is 19.9 Å². The van der Waals surface area contributed by atoms with Crippen molar-refractivity contribution in [3.05, 3.63) is 29.8 Å². The van der Waals surface area contributed by atoms with Gasteiger partial charge in [0.1, 0.15) is 5.75 Å². The molecule has 1 saturated heterocycles. The molecule has 0 atom stereocenters. The lowest BCUT2D eigenvalue weighted by atomic mass is 9.94. The highest BCUT2D eigenvalue weighted by Gasteiger charge is 2.30. The molecule has 1 aromatic rings. The zero-order valence-corrected chi connectivity index (χ0v) is 11.4. The number of hydrogen-bond acceptors (Lipinski definition) is 4. The number of alkyl halides is 2. The highest BCUT2D eigenvalue weighted by molar-refractivity contribution is 5.94. The van der Waals surface area contributed by atoms with Crippen LogP contribution in [0.25, 0.3) is 0 Å². The fourth-order valence-electron chi connectivity index (χ4n) is 2.06. The Morgan fingerprint density at radius 2 is 1.95 bits per heavy atom. The average molecular weight is 301 g/mol. The summed E-state index contributed by atoms with van der Waals surface area (Å²) in [6.45, 7) is -1.84. The van der Waals surface area contributed by atoms with Crippen LogP contribution in [0.4, 0.5) is 8.78 Å². The van der Waals surface area contributed by atoms with E-state index in [1.807, 2.05) is 0 Å². The molecule has 7 heteroatoms. The second-order valence-corrected chi connectivity index (χ2v) is 4.92. The van der Waals surface area contributed by atoms with Crippen molar-refractivity contribution in [1.82, 2.24) is 5.32 Å². The van der Waals surface area contributed by atoms with Gasteiger partial charge in [-0.1, -0.05) is 0 Å². The SMILES string of the molecule is O=C(NCC1(O)CCOCC1)c1ccc(OC(F)F)cc1. The number of amides is 1. The molecule has 1 fully saturated rings. The van der Waals surface area contributed by atoms with Crippen molar-refractivity contribution in [2.24, 2.45) is 0 Å². The minimum Gasteiger partial charge on any atom is -0.435 e. The van der Waals surface area contributed by atoms with Gasteiger partial charge in [0, 0.05) is 38.2 Å². The van der Waals surface area contributed by atoms with Gasteiger partial charge >= 0.3 is 6.61 Å². The van der Waals surface area contributed by atoms with Gasteiger partial charge in [-0.15, -0.1) is 0 Å². The summed E-state index contributed by atoms with van der Waals surface area (Å²) in [5.41, 5.74) is -0.639. The van der Waals surface area contributed by atoms with E-state index in [0.29, 0.717) is 31.6 Å². The fraction of sp³-hybridized carbons (Fsp3) is 0.500. The lowest BCUT2D eigenvalue weighted by Crippen LogP contribution is -2.46. The van der Waals surface area contributed by atoms with Gasteiger partial charge in [-0.2, -0.15) is 8.78 Å². The second kappa shape index (κ2) is 6.82. The Kier molecular flexibility index (Phi) is 5.08. The molecule has 0 unspecified atom stereocenters. The lowest BCUT2D eigenvalue weighted by Gasteiger charge is -2.32. The summed E-state index contributed by atoms with van der Waals surface area (Å²) >= 11 is 0. The maximum atomic E-state index is 12.0. The summed E-state index contributed by atoms with van der Waals surface area (Å²) in [7, 11) is 0. The van der Waals surface area contributed by atoms with Crippen LogP contribution in [0.1, 0.15) is 23.2 Å². The predicted molar refractivity (Wildman–Crippen MR) is 70.4 cm³/mol. The summed E-state index contributed by atoms with van der Waals surface area (Å²) in [6.07, 6.45) is 0.933. The molecule has 1 aliphatic rings. The van der Waals surface area contributed by atoms with Crippen molar-refractivity contribution < 1.29 is 28.2 Å². The van der Waals surface area contributed by atoms with Crippen LogP contribution in [0, 0.1) is 0 Å². The van der Waals surface area contributed by atoms with Gasteiger partial charge in [0.05, 0.1) is 5.60 Å². The Morgan fingerprint density at radius 3 is 2.52 bits per heavy atom. The molecular formula is C14H17F2NO4. The van der Waals surface area contributed by atoms with Gasteiger partial charge in [-0.05, 0) is 24.3 Å². The van der Waals surface area contributed by atoms with Gasteiger partial charge in [-0.25, -0.2) is 0 Å².